The van der Waals surface area contributed by atoms with Crippen LogP contribution in [0.1, 0.15) is 30.5 Å². The zero-order valence-corrected chi connectivity index (χ0v) is 12.1. The minimum atomic E-state index is -0.478. The van der Waals surface area contributed by atoms with Crippen LogP contribution in [0.2, 0.25) is 0 Å². The summed E-state index contributed by atoms with van der Waals surface area (Å²) in [6.07, 6.45) is -0.478. The molecule has 1 unspecified atom stereocenters. The van der Waals surface area contributed by atoms with Crippen molar-refractivity contribution in [3.63, 3.8) is 0 Å². The quantitative estimate of drug-likeness (QED) is 0.815. The Hall–Kier alpha value is -1.06. The SMILES string of the molecule is Cc1cc(C)c(OCC(O)CNC(C)C)cc1C. The van der Waals surface area contributed by atoms with Gasteiger partial charge in [0.15, 0.2) is 0 Å². The average Bonchev–Trinajstić information content (AvgIpc) is 2.29. The summed E-state index contributed by atoms with van der Waals surface area (Å²) >= 11 is 0. The number of nitrogens with one attached hydrogen (secondary N) is 1. The second-order valence-corrected chi connectivity index (χ2v) is 5.23. The molecule has 0 aromatic heterocycles. The Kier molecular flexibility index (Phi) is 5.63. The van der Waals surface area contributed by atoms with Crippen LogP contribution in [-0.4, -0.2) is 30.4 Å². The first-order chi connectivity index (χ1) is 8.40. The van der Waals surface area contributed by atoms with Gasteiger partial charge in [0.2, 0.25) is 0 Å². The Balaban J connectivity index is 2.50. The van der Waals surface area contributed by atoms with Gasteiger partial charge in [-0.15, -0.1) is 0 Å². The lowest BCUT2D eigenvalue weighted by Crippen LogP contribution is -2.35. The summed E-state index contributed by atoms with van der Waals surface area (Å²) in [4.78, 5) is 0. The molecule has 1 rings (SSSR count). The van der Waals surface area contributed by atoms with Crippen LogP contribution < -0.4 is 10.1 Å². The molecule has 0 aliphatic rings. The van der Waals surface area contributed by atoms with Gasteiger partial charge in [-0.1, -0.05) is 19.9 Å². The molecule has 0 aliphatic heterocycles. The summed E-state index contributed by atoms with van der Waals surface area (Å²) in [5, 5.41) is 13.0. The highest BCUT2D eigenvalue weighted by Crippen LogP contribution is 2.22. The topological polar surface area (TPSA) is 41.5 Å². The van der Waals surface area contributed by atoms with E-state index in [1.807, 2.05) is 13.0 Å². The number of hydrogen-bond donors (Lipinski definition) is 2. The van der Waals surface area contributed by atoms with Gasteiger partial charge in [-0.25, -0.2) is 0 Å². The highest BCUT2D eigenvalue weighted by molar-refractivity contribution is 5.40. The molecule has 0 radical (unpaired) electrons. The van der Waals surface area contributed by atoms with Crippen LogP contribution in [0.4, 0.5) is 0 Å². The van der Waals surface area contributed by atoms with Crippen molar-refractivity contribution in [1.29, 1.82) is 0 Å². The highest BCUT2D eigenvalue weighted by atomic mass is 16.5. The van der Waals surface area contributed by atoms with E-state index in [0.29, 0.717) is 19.2 Å². The van der Waals surface area contributed by atoms with E-state index in [9.17, 15) is 5.11 Å². The van der Waals surface area contributed by atoms with Gasteiger partial charge in [-0.2, -0.15) is 0 Å². The van der Waals surface area contributed by atoms with Crippen molar-refractivity contribution in [3.8, 4) is 5.75 Å². The van der Waals surface area contributed by atoms with Crippen LogP contribution >= 0.6 is 0 Å². The molecule has 102 valence electrons. The normalized spacial score (nSPS) is 12.8. The lowest BCUT2D eigenvalue weighted by molar-refractivity contribution is 0.104. The van der Waals surface area contributed by atoms with Gasteiger partial charge in [0.25, 0.3) is 0 Å². The second kappa shape index (κ2) is 6.76. The first-order valence-electron chi connectivity index (χ1n) is 6.52. The number of aliphatic hydroxyl groups excluding tert-OH is 1. The Morgan fingerprint density at radius 1 is 1.11 bits per heavy atom. The molecule has 18 heavy (non-hydrogen) atoms. The van der Waals surface area contributed by atoms with Crippen LogP contribution in [0.25, 0.3) is 0 Å². The molecule has 1 aromatic carbocycles. The van der Waals surface area contributed by atoms with Crippen LogP contribution in [0.3, 0.4) is 0 Å². The summed E-state index contributed by atoms with van der Waals surface area (Å²) in [6, 6.07) is 4.53. The second-order valence-electron chi connectivity index (χ2n) is 5.23. The summed E-state index contributed by atoms with van der Waals surface area (Å²) in [6.45, 7) is 11.2. The number of aliphatic hydroxyl groups is 1. The smallest absolute Gasteiger partial charge is 0.122 e. The summed E-state index contributed by atoms with van der Waals surface area (Å²) in [5.41, 5.74) is 3.59. The Labute approximate surface area is 110 Å². The average molecular weight is 251 g/mol. The molecule has 0 heterocycles. The number of rotatable bonds is 6. The van der Waals surface area contributed by atoms with Crippen molar-refractivity contribution in [2.45, 2.75) is 46.8 Å². The molecular weight excluding hydrogens is 226 g/mol. The predicted molar refractivity (Wildman–Crippen MR) is 75.3 cm³/mol. The molecular formula is C15H25NO2. The fraction of sp³-hybridized carbons (Fsp3) is 0.600. The monoisotopic (exact) mass is 251 g/mol. The van der Waals surface area contributed by atoms with Crippen molar-refractivity contribution in [2.75, 3.05) is 13.2 Å². The minimum Gasteiger partial charge on any atom is -0.491 e. The predicted octanol–water partition coefficient (Wildman–Crippen LogP) is 2.35. The molecule has 0 fully saturated rings. The van der Waals surface area contributed by atoms with Gasteiger partial charge < -0.3 is 15.2 Å². The molecule has 0 saturated heterocycles. The molecule has 3 heteroatoms. The van der Waals surface area contributed by atoms with Gasteiger partial charge >= 0.3 is 0 Å². The van der Waals surface area contributed by atoms with E-state index in [1.165, 1.54) is 11.1 Å². The maximum atomic E-state index is 9.79. The summed E-state index contributed by atoms with van der Waals surface area (Å²) in [5.74, 6) is 0.863. The molecule has 0 amide bonds. The molecule has 0 aliphatic carbocycles. The van der Waals surface area contributed by atoms with E-state index in [-0.39, 0.29) is 0 Å². The zero-order chi connectivity index (χ0) is 13.7. The number of ether oxygens (including phenoxy) is 1. The summed E-state index contributed by atoms with van der Waals surface area (Å²) in [7, 11) is 0. The van der Waals surface area contributed by atoms with Gasteiger partial charge in [0.1, 0.15) is 18.5 Å². The summed E-state index contributed by atoms with van der Waals surface area (Å²) < 4.78 is 5.68. The number of aryl methyl sites for hydroxylation is 3. The Morgan fingerprint density at radius 3 is 2.33 bits per heavy atom. The van der Waals surface area contributed by atoms with E-state index in [1.54, 1.807) is 0 Å². The molecule has 1 aromatic rings. The third kappa shape index (κ3) is 4.67. The fourth-order valence-electron chi connectivity index (χ4n) is 1.71. The van der Waals surface area contributed by atoms with Crippen LogP contribution in [0, 0.1) is 20.8 Å². The van der Waals surface area contributed by atoms with Gasteiger partial charge in [0, 0.05) is 12.6 Å². The highest BCUT2D eigenvalue weighted by Gasteiger charge is 2.08. The van der Waals surface area contributed by atoms with E-state index >= 15 is 0 Å². The van der Waals surface area contributed by atoms with Crippen molar-refractivity contribution in [3.05, 3.63) is 28.8 Å². The van der Waals surface area contributed by atoms with E-state index in [0.717, 1.165) is 11.3 Å². The Bertz CT molecular complexity index is 388. The van der Waals surface area contributed by atoms with Gasteiger partial charge in [0.05, 0.1) is 0 Å². The Morgan fingerprint density at radius 2 is 1.72 bits per heavy atom. The van der Waals surface area contributed by atoms with Gasteiger partial charge in [-0.05, 0) is 43.5 Å². The standard InChI is InChI=1S/C15H25NO2/c1-10(2)16-8-14(17)9-18-15-7-12(4)11(3)6-13(15)5/h6-7,10,14,16-17H,8-9H2,1-5H3. The molecule has 0 bridgehead atoms. The lowest BCUT2D eigenvalue weighted by Gasteiger charge is -2.16. The third-order valence-electron chi connectivity index (χ3n) is 2.98. The van der Waals surface area contributed by atoms with Crippen LogP contribution in [0.5, 0.6) is 5.75 Å². The first-order valence-corrected chi connectivity index (χ1v) is 6.52. The molecule has 2 N–H and O–H groups in total. The number of benzene rings is 1. The van der Waals surface area contributed by atoms with Crippen LogP contribution in [-0.2, 0) is 0 Å². The van der Waals surface area contributed by atoms with Crippen LogP contribution in [0.15, 0.2) is 12.1 Å². The van der Waals surface area contributed by atoms with Crippen molar-refractivity contribution >= 4 is 0 Å². The maximum Gasteiger partial charge on any atom is 0.122 e. The first kappa shape index (κ1) is 15.0. The van der Waals surface area contributed by atoms with E-state index < -0.39 is 6.10 Å². The third-order valence-corrected chi connectivity index (χ3v) is 2.98. The molecule has 0 spiro atoms. The van der Waals surface area contributed by atoms with E-state index in [4.69, 9.17) is 4.74 Å². The van der Waals surface area contributed by atoms with E-state index in [2.05, 4.69) is 39.1 Å². The van der Waals surface area contributed by atoms with Crippen molar-refractivity contribution in [2.24, 2.45) is 0 Å². The molecule has 1 atom stereocenters. The molecule has 0 saturated carbocycles. The fourth-order valence-corrected chi connectivity index (χ4v) is 1.71. The molecule has 3 nitrogen and oxygen atoms in total. The maximum absolute atomic E-state index is 9.79. The van der Waals surface area contributed by atoms with Crippen molar-refractivity contribution < 1.29 is 9.84 Å². The van der Waals surface area contributed by atoms with Gasteiger partial charge in [-0.3, -0.25) is 0 Å². The lowest BCUT2D eigenvalue weighted by atomic mass is 10.1. The zero-order valence-electron chi connectivity index (χ0n) is 12.1. The number of hydrogen-bond acceptors (Lipinski definition) is 3. The minimum absolute atomic E-state index is 0.322. The largest absolute Gasteiger partial charge is 0.491 e. The van der Waals surface area contributed by atoms with Crippen molar-refractivity contribution in [1.82, 2.24) is 5.32 Å².